The average molecular weight is 285 g/mol. The molecule has 0 saturated carbocycles. The van der Waals surface area contributed by atoms with Gasteiger partial charge in [-0.2, -0.15) is 0 Å². The number of hydrogen-bond donors (Lipinski definition) is 0. The van der Waals surface area contributed by atoms with Crippen LogP contribution in [-0.2, 0) is 11.2 Å². The lowest BCUT2D eigenvalue weighted by Gasteiger charge is -2.09. The summed E-state index contributed by atoms with van der Waals surface area (Å²) in [5.41, 5.74) is 1.40. The number of benzene rings is 1. The smallest absolute Gasteiger partial charge is 0.338 e. The van der Waals surface area contributed by atoms with Crippen molar-refractivity contribution in [3.05, 3.63) is 27.2 Å². The van der Waals surface area contributed by atoms with Crippen LogP contribution in [0.4, 0.5) is 0 Å². The molecule has 0 aromatic heterocycles. The lowest BCUT2D eigenvalue weighted by Crippen LogP contribution is -2.07. The summed E-state index contributed by atoms with van der Waals surface area (Å²) in [4.78, 5) is 22.5. The van der Waals surface area contributed by atoms with Gasteiger partial charge >= 0.3 is 5.97 Å². The molecule has 1 aliphatic heterocycles. The van der Waals surface area contributed by atoms with Gasteiger partial charge in [0.05, 0.1) is 23.8 Å². The molecule has 0 unspecified atom stereocenters. The first-order chi connectivity index (χ1) is 7.69. The van der Waals surface area contributed by atoms with E-state index in [0.717, 1.165) is 5.56 Å². The van der Waals surface area contributed by atoms with Gasteiger partial charge in [0.1, 0.15) is 5.75 Å². The molecule has 0 aliphatic carbocycles. The van der Waals surface area contributed by atoms with Crippen molar-refractivity contribution in [1.82, 2.24) is 0 Å². The Morgan fingerprint density at radius 2 is 2.38 bits per heavy atom. The summed E-state index contributed by atoms with van der Waals surface area (Å²) in [6, 6.07) is 1.56. The Morgan fingerprint density at radius 3 is 3.00 bits per heavy atom. The highest BCUT2D eigenvalue weighted by atomic mass is 79.9. The number of halogens is 1. The monoisotopic (exact) mass is 284 g/mol. The highest BCUT2D eigenvalue weighted by Crippen LogP contribution is 2.37. The fraction of sp³-hybridized carbons (Fsp3) is 0.273. The molecule has 0 saturated heterocycles. The summed E-state index contributed by atoms with van der Waals surface area (Å²) in [5.74, 6) is 0.132. The molecule has 16 heavy (non-hydrogen) atoms. The van der Waals surface area contributed by atoms with E-state index >= 15 is 0 Å². The van der Waals surface area contributed by atoms with Crippen LogP contribution >= 0.6 is 15.9 Å². The minimum atomic E-state index is -0.516. The Morgan fingerprint density at radius 1 is 1.62 bits per heavy atom. The third-order valence-corrected chi connectivity index (χ3v) is 3.09. The molecule has 0 atom stereocenters. The van der Waals surface area contributed by atoms with Crippen LogP contribution in [0.2, 0.25) is 0 Å². The molecular formula is C11H9BrO4. The first-order valence-corrected chi connectivity index (χ1v) is 5.50. The third-order valence-electron chi connectivity index (χ3n) is 2.50. The zero-order valence-electron chi connectivity index (χ0n) is 8.58. The van der Waals surface area contributed by atoms with Crippen molar-refractivity contribution in [1.29, 1.82) is 0 Å². The van der Waals surface area contributed by atoms with E-state index in [1.807, 2.05) is 0 Å². The second kappa shape index (κ2) is 4.25. The molecule has 1 aliphatic rings. The topological polar surface area (TPSA) is 52.6 Å². The number of fused-ring (bicyclic) bond motifs is 1. The summed E-state index contributed by atoms with van der Waals surface area (Å²) in [6.07, 6.45) is 1.30. The predicted molar refractivity (Wildman–Crippen MR) is 60.1 cm³/mol. The fourth-order valence-electron chi connectivity index (χ4n) is 1.77. The number of esters is 1. The third kappa shape index (κ3) is 1.61. The quantitative estimate of drug-likeness (QED) is 0.616. The van der Waals surface area contributed by atoms with Crippen molar-refractivity contribution in [2.45, 2.75) is 6.42 Å². The Balaban J connectivity index is 2.67. The number of aldehydes is 1. The second-order valence-corrected chi connectivity index (χ2v) is 4.19. The molecule has 0 radical (unpaired) electrons. The molecule has 0 bridgehead atoms. The van der Waals surface area contributed by atoms with E-state index in [0.29, 0.717) is 35.1 Å². The van der Waals surface area contributed by atoms with E-state index in [2.05, 4.69) is 20.7 Å². The molecule has 1 aromatic rings. The summed E-state index contributed by atoms with van der Waals surface area (Å²) in [5, 5.41) is 0. The van der Waals surface area contributed by atoms with Crippen molar-refractivity contribution in [3.63, 3.8) is 0 Å². The van der Waals surface area contributed by atoms with Crippen molar-refractivity contribution in [3.8, 4) is 5.75 Å². The first-order valence-electron chi connectivity index (χ1n) is 4.70. The minimum Gasteiger partial charge on any atom is -0.492 e. The zero-order valence-corrected chi connectivity index (χ0v) is 10.2. The number of ether oxygens (including phenoxy) is 2. The van der Waals surface area contributed by atoms with Crippen LogP contribution in [0.3, 0.4) is 0 Å². The van der Waals surface area contributed by atoms with Crippen LogP contribution in [0.25, 0.3) is 0 Å². The van der Waals surface area contributed by atoms with Crippen molar-refractivity contribution >= 4 is 28.2 Å². The molecule has 0 N–H and O–H groups in total. The molecule has 0 fully saturated rings. The molecule has 1 aromatic carbocycles. The van der Waals surface area contributed by atoms with Crippen molar-refractivity contribution in [2.24, 2.45) is 0 Å². The number of carbonyl (C=O) groups is 2. The van der Waals surface area contributed by atoms with E-state index in [4.69, 9.17) is 4.74 Å². The fourth-order valence-corrected chi connectivity index (χ4v) is 2.35. The Bertz CT molecular complexity index is 468. The molecule has 0 spiro atoms. The standard InChI is InChI=1S/C11H9BrO4/c1-15-11(14)7-4-9(12)10-6(2-3-16-10)8(7)5-13/h4-5H,2-3H2,1H3. The Labute approximate surface area is 101 Å². The lowest BCUT2D eigenvalue weighted by molar-refractivity contribution is 0.0598. The number of carbonyl (C=O) groups excluding carboxylic acids is 2. The van der Waals surface area contributed by atoms with E-state index in [1.165, 1.54) is 7.11 Å². The van der Waals surface area contributed by atoms with E-state index in [1.54, 1.807) is 6.07 Å². The molecule has 4 nitrogen and oxygen atoms in total. The Hall–Kier alpha value is -1.36. The van der Waals surface area contributed by atoms with Crippen LogP contribution in [0.15, 0.2) is 10.5 Å². The van der Waals surface area contributed by atoms with E-state index in [9.17, 15) is 9.59 Å². The van der Waals surface area contributed by atoms with Crippen molar-refractivity contribution in [2.75, 3.05) is 13.7 Å². The summed E-state index contributed by atoms with van der Waals surface area (Å²) in [7, 11) is 1.29. The van der Waals surface area contributed by atoms with Crippen molar-refractivity contribution < 1.29 is 19.1 Å². The maximum Gasteiger partial charge on any atom is 0.338 e. The van der Waals surface area contributed by atoms with Gasteiger partial charge in [0.25, 0.3) is 0 Å². The summed E-state index contributed by atoms with van der Waals surface area (Å²) >= 11 is 3.31. The lowest BCUT2D eigenvalue weighted by atomic mass is 10.00. The van der Waals surface area contributed by atoms with Gasteiger partial charge in [-0.1, -0.05) is 0 Å². The van der Waals surface area contributed by atoms with Gasteiger partial charge < -0.3 is 9.47 Å². The van der Waals surface area contributed by atoms with Gasteiger partial charge in [-0.25, -0.2) is 4.79 Å². The molecule has 5 heteroatoms. The maximum atomic E-state index is 11.5. The van der Waals surface area contributed by atoms with Gasteiger partial charge in [0.15, 0.2) is 6.29 Å². The molecule has 84 valence electrons. The number of rotatable bonds is 2. The highest BCUT2D eigenvalue weighted by molar-refractivity contribution is 9.10. The van der Waals surface area contributed by atoms with Crippen LogP contribution in [0, 0.1) is 0 Å². The summed E-state index contributed by atoms with van der Waals surface area (Å²) < 4.78 is 10.7. The first kappa shape index (κ1) is 11.1. The van der Waals surface area contributed by atoms with E-state index in [-0.39, 0.29) is 5.56 Å². The van der Waals surface area contributed by atoms with Gasteiger partial charge in [-0.05, 0) is 22.0 Å². The Kier molecular flexibility index (Phi) is 2.96. The zero-order chi connectivity index (χ0) is 11.7. The van der Waals surface area contributed by atoms with Gasteiger partial charge in [0.2, 0.25) is 0 Å². The maximum absolute atomic E-state index is 11.5. The van der Waals surface area contributed by atoms with Crippen LogP contribution in [-0.4, -0.2) is 26.0 Å². The number of methoxy groups -OCH3 is 1. The average Bonchev–Trinajstić information content (AvgIpc) is 2.77. The van der Waals surface area contributed by atoms with Crippen LogP contribution < -0.4 is 4.74 Å². The molecule has 2 rings (SSSR count). The van der Waals surface area contributed by atoms with Crippen LogP contribution in [0.1, 0.15) is 26.3 Å². The highest BCUT2D eigenvalue weighted by Gasteiger charge is 2.25. The number of hydrogen-bond acceptors (Lipinski definition) is 4. The predicted octanol–water partition coefficient (Wildman–Crippen LogP) is 1.98. The van der Waals surface area contributed by atoms with Crippen LogP contribution in [0.5, 0.6) is 5.75 Å². The minimum absolute atomic E-state index is 0.272. The normalized spacial score (nSPS) is 12.9. The second-order valence-electron chi connectivity index (χ2n) is 3.34. The largest absolute Gasteiger partial charge is 0.492 e. The van der Waals surface area contributed by atoms with Gasteiger partial charge in [0, 0.05) is 17.5 Å². The molecular weight excluding hydrogens is 276 g/mol. The van der Waals surface area contributed by atoms with Gasteiger partial charge in [-0.3, -0.25) is 4.79 Å². The van der Waals surface area contributed by atoms with E-state index < -0.39 is 5.97 Å². The van der Waals surface area contributed by atoms with Gasteiger partial charge in [-0.15, -0.1) is 0 Å². The summed E-state index contributed by atoms with van der Waals surface area (Å²) in [6.45, 7) is 0.527. The SMILES string of the molecule is COC(=O)c1cc(Br)c2c(c1C=O)CCO2. The molecule has 1 heterocycles. The molecule has 0 amide bonds.